The number of carbonyl (C=O) groups excluding carboxylic acids is 1. The average Bonchev–Trinajstić information content (AvgIpc) is 2.84. The summed E-state index contributed by atoms with van der Waals surface area (Å²) in [5, 5.41) is 13.7. The van der Waals surface area contributed by atoms with Gasteiger partial charge >= 0.3 is 5.97 Å². The quantitative estimate of drug-likeness (QED) is 0.846. The highest BCUT2D eigenvalue weighted by Crippen LogP contribution is 2.18. The fourth-order valence-electron chi connectivity index (χ4n) is 1.82. The van der Waals surface area contributed by atoms with Gasteiger partial charge in [0.1, 0.15) is 0 Å². The molecule has 1 heterocycles. The molecule has 1 amide bonds. The van der Waals surface area contributed by atoms with Crippen LogP contribution >= 0.6 is 11.3 Å². The Labute approximate surface area is 126 Å². The van der Waals surface area contributed by atoms with Crippen LogP contribution in [0.25, 0.3) is 6.08 Å². The molecule has 0 aliphatic carbocycles. The number of aromatic carboxylic acids is 1. The Bertz CT molecular complexity index is 716. The predicted octanol–water partition coefficient (Wildman–Crippen LogP) is 3.72. The molecule has 0 atom stereocenters. The minimum absolute atomic E-state index is 0.186. The van der Waals surface area contributed by atoms with Gasteiger partial charge in [-0.15, -0.1) is 11.3 Å². The Hall–Kier alpha value is -2.40. The highest BCUT2D eigenvalue weighted by atomic mass is 32.1. The summed E-state index contributed by atoms with van der Waals surface area (Å²) in [7, 11) is 0. The number of anilines is 1. The van der Waals surface area contributed by atoms with Gasteiger partial charge in [0.05, 0.1) is 5.56 Å². The fourth-order valence-corrected chi connectivity index (χ4v) is 2.64. The van der Waals surface area contributed by atoms with Crippen LogP contribution in [0.2, 0.25) is 0 Å². The lowest BCUT2D eigenvalue weighted by atomic mass is 10.1. The Morgan fingerprint density at radius 3 is 2.57 bits per heavy atom. The lowest BCUT2D eigenvalue weighted by Gasteiger charge is -2.06. The molecule has 0 aliphatic heterocycles. The molecular formula is C16H15NO3S. The van der Waals surface area contributed by atoms with Gasteiger partial charge in [0.15, 0.2) is 0 Å². The second-order valence-corrected chi connectivity index (χ2v) is 5.57. The molecule has 1 aromatic heterocycles. The number of rotatable bonds is 4. The second kappa shape index (κ2) is 6.37. The highest BCUT2D eigenvalue weighted by Gasteiger charge is 2.08. The van der Waals surface area contributed by atoms with Gasteiger partial charge in [0.2, 0.25) is 5.91 Å². The zero-order valence-electron chi connectivity index (χ0n) is 11.7. The standard InChI is InChI=1S/C16H15NO3S/c1-10-3-4-12(9-13(10)16(19)20)17-15(18)6-5-14-11(2)7-8-21-14/h3-9H,1-2H3,(H,17,18)(H,19,20). The molecule has 0 saturated heterocycles. The molecule has 108 valence electrons. The Balaban J connectivity index is 2.10. The van der Waals surface area contributed by atoms with Gasteiger partial charge < -0.3 is 10.4 Å². The molecule has 0 saturated carbocycles. The molecule has 2 N–H and O–H groups in total. The number of carboxylic acids is 1. The smallest absolute Gasteiger partial charge is 0.336 e. The van der Waals surface area contributed by atoms with E-state index < -0.39 is 5.97 Å². The van der Waals surface area contributed by atoms with Gasteiger partial charge in [-0.2, -0.15) is 0 Å². The van der Waals surface area contributed by atoms with Crippen molar-refractivity contribution in [1.29, 1.82) is 0 Å². The molecule has 0 unspecified atom stereocenters. The van der Waals surface area contributed by atoms with E-state index in [0.717, 1.165) is 10.4 Å². The number of nitrogens with one attached hydrogen (secondary N) is 1. The van der Waals surface area contributed by atoms with Crippen molar-refractivity contribution in [2.75, 3.05) is 5.32 Å². The normalized spacial score (nSPS) is 10.8. The summed E-state index contributed by atoms with van der Waals surface area (Å²) in [4.78, 5) is 23.9. The largest absolute Gasteiger partial charge is 0.478 e. The van der Waals surface area contributed by atoms with Gasteiger partial charge in [-0.3, -0.25) is 4.79 Å². The zero-order chi connectivity index (χ0) is 15.4. The van der Waals surface area contributed by atoms with E-state index in [9.17, 15) is 9.59 Å². The van der Waals surface area contributed by atoms with Gasteiger partial charge in [-0.05, 0) is 54.6 Å². The van der Waals surface area contributed by atoms with Gasteiger partial charge in [-0.1, -0.05) is 6.07 Å². The first kappa shape index (κ1) is 15.0. The Morgan fingerprint density at radius 1 is 1.19 bits per heavy atom. The van der Waals surface area contributed by atoms with Crippen molar-refractivity contribution >= 4 is 35.0 Å². The first-order valence-electron chi connectivity index (χ1n) is 6.34. The van der Waals surface area contributed by atoms with Crippen LogP contribution in [0.3, 0.4) is 0 Å². The summed E-state index contributed by atoms with van der Waals surface area (Å²) in [6.45, 7) is 3.70. The van der Waals surface area contributed by atoms with Crippen LogP contribution in [0.5, 0.6) is 0 Å². The molecule has 2 aromatic rings. The summed E-state index contributed by atoms with van der Waals surface area (Å²) in [6.07, 6.45) is 3.20. The third kappa shape index (κ3) is 3.79. The molecule has 0 aliphatic rings. The van der Waals surface area contributed by atoms with Gasteiger partial charge in [-0.25, -0.2) is 4.79 Å². The van der Waals surface area contributed by atoms with E-state index in [4.69, 9.17) is 5.11 Å². The van der Waals surface area contributed by atoms with E-state index in [0.29, 0.717) is 11.3 Å². The Kier molecular flexibility index (Phi) is 4.55. The van der Waals surface area contributed by atoms with Crippen molar-refractivity contribution in [2.45, 2.75) is 13.8 Å². The van der Waals surface area contributed by atoms with Crippen molar-refractivity contribution in [3.05, 3.63) is 57.3 Å². The zero-order valence-corrected chi connectivity index (χ0v) is 12.5. The monoisotopic (exact) mass is 301 g/mol. The predicted molar refractivity (Wildman–Crippen MR) is 84.9 cm³/mol. The van der Waals surface area contributed by atoms with Crippen LogP contribution in [-0.4, -0.2) is 17.0 Å². The first-order chi connectivity index (χ1) is 9.97. The van der Waals surface area contributed by atoms with E-state index >= 15 is 0 Å². The number of benzene rings is 1. The number of hydrogen-bond acceptors (Lipinski definition) is 3. The number of hydrogen-bond donors (Lipinski definition) is 2. The molecule has 2 rings (SSSR count). The Morgan fingerprint density at radius 2 is 1.95 bits per heavy atom. The van der Waals surface area contributed by atoms with E-state index in [1.807, 2.05) is 18.4 Å². The third-order valence-corrected chi connectivity index (χ3v) is 4.01. The summed E-state index contributed by atoms with van der Waals surface area (Å²) >= 11 is 1.56. The SMILES string of the molecule is Cc1ccc(NC(=O)C=Cc2sccc2C)cc1C(=O)O. The molecule has 4 nitrogen and oxygen atoms in total. The van der Waals surface area contributed by atoms with E-state index in [-0.39, 0.29) is 11.5 Å². The van der Waals surface area contributed by atoms with Crippen LogP contribution in [0.4, 0.5) is 5.69 Å². The van der Waals surface area contributed by atoms with E-state index in [1.54, 1.807) is 36.5 Å². The first-order valence-corrected chi connectivity index (χ1v) is 7.22. The minimum Gasteiger partial charge on any atom is -0.478 e. The number of carbonyl (C=O) groups is 2. The van der Waals surface area contributed by atoms with E-state index in [2.05, 4.69) is 5.32 Å². The van der Waals surface area contributed by atoms with Crippen LogP contribution in [0, 0.1) is 13.8 Å². The summed E-state index contributed by atoms with van der Waals surface area (Å²) in [5.41, 5.74) is 2.43. The molecule has 0 fully saturated rings. The summed E-state index contributed by atoms with van der Waals surface area (Å²) in [5.74, 6) is -1.30. The topological polar surface area (TPSA) is 66.4 Å². The van der Waals surface area contributed by atoms with Crippen LogP contribution in [0.15, 0.2) is 35.7 Å². The van der Waals surface area contributed by atoms with Gasteiger partial charge in [0.25, 0.3) is 0 Å². The molecule has 0 spiro atoms. The molecule has 0 bridgehead atoms. The lowest BCUT2D eigenvalue weighted by Crippen LogP contribution is -2.09. The number of thiophene rings is 1. The van der Waals surface area contributed by atoms with Crippen molar-refractivity contribution in [3.63, 3.8) is 0 Å². The van der Waals surface area contributed by atoms with Crippen LogP contribution in [0.1, 0.15) is 26.4 Å². The van der Waals surface area contributed by atoms with Crippen molar-refractivity contribution in [3.8, 4) is 0 Å². The molecule has 0 radical (unpaired) electrons. The maximum absolute atomic E-state index is 11.8. The average molecular weight is 301 g/mol. The number of amides is 1. The number of carboxylic acid groups (broad SMARTS) is 1. The number of aryl methyl sites for hydroxylation is 2. The van der Waals surface area contributed by atoms with Crippen molar-refractivity contribution < 1.29 is 14.7 Å². The van der Waals surface area contributed by atoms with E-state index in [1.165, 1.54) is 12.1 Å². The lowest BCUT2D eigenvalue weighted by molar-refractivity contribution is -0.111. The van der Waals surface area contributed by atoms with Crippen molar-refractivity contribution in [1.82, 2.24) is 0 Å². The molecule has 21 heavy (non-hydrogen) atoms. The summed E-state index contributed by atoms with van der Waals surface area (Å²) in [6, 6.07) is 6.80. The molecule has 5 heteroatoms. The maximum atomic E-state index is 11.8. The minimum atomic E-state index is -1.01. The highest BCUT2D eigenvalue weighted by molar-refractivity contribution is 7.11. The second-order valence-electron chi connectivity index (χ2n) is 4.63. The van der Waals surface area contributed by atoms with Crippen LogP contribution in [-0.2, 0) is 4.79 Å². The van der Waals surface area contributed by atoms with Crippen molar-refractivity contribution in [2.24, 2.45) is 0 Å². The van der Waals surface area contributed by atoms with Crippen LogP contribution < -0.4 is 5.32 Å². The fraction of sp³-hybridized carbons (Fsp3) is 0.125. The van der Waals surface area contributed by atoms with Gasteiger partial charge in [0, 0.05) is 16.6 Å². The molecule has 1 aromatic carbocycles. The third-order valence-electron chi connectivity index (χ3n) is 3.02. The maximum Gasteiger partial charge on any atom is 0.336 e. The summed E-state index contributed by atoms with van der Waals surface area (Å²) < 4.78 is 0. The molecular weight excluding hydrogens is 286 g/mol.